The molecular formula is C14H18N2O2. The molecule has 1 aliphatic heterocycles. The van der Waals surface area contributed by atoms with Gasteiger partial charge >= 0.3 is 0 Å². The van der Waals surface area contributed by atoms with Crippen molar-refractivity contribution < 1.29 is 9.47 Å². The van der Waals surface area contributed by atoms with Gasteiger partial charge in [0.25, 0.3) is 0 Å². The molecule has 4 heteroatoms. The first kappa shape index (κ1) is 12.7. The Morgan fingerprint density at radius 2 is 2.06 bits per heavy atom. The Morgan fingerprint density at radius 1 is 1.28 bits per heavy atom. The van der Waals surface area contributed by atoms with Crippen molar-refractivity contribution >= 4 is 0 Å². The maximum atomic E-state index is 8.62. The number of ether oxygens (including phenoxy) is 2. The minimum atomic E-state index is 0.568. The van der Waals surface area contributed by atoms with E-state index in [4.69, 9.17) is 14.7 Å². The van der Waals surface area contributed by atoms with Gasteiger partial charge in [0.15, 0.2) is 11.5 Å². The van der Waals surface area contributed by atoms with E-state index in [0.717, 1.165) is 31.1 Å². The maximum absolute atomic E-state index is 8.62. The van der Waals surface area contributed by atoms with Crippen LogP contribution in [0.1, 0.15) is 18.9 Å². The van der Waals surface area contributed by atoms with Crippen LogP contribution < -0.4 is 9.47 Å². The molecule has 0 saturated heterocycles. The summed E-state index contributed by atoms with van der Waals surface area (Å²) in [5.41, 5.74) is 1.19. The van der Waals surface area contributed by atoms with Crippen molar-refractivity contribution in [3.8, 4) is 17.6 Å². The van der Waals surface area contributed by atoms with Crippen molar-refractivity contribution in [3.63, 3.8) is 0 Å². The van der Waals surface area contributed by atoms with Gasteiger partial charge in [-0.1, -0.05) is 13.0 Å². The van der Waals surface area contributed by atoms with Crippen LogP contribution in [0.3, 0.4) is 0 Å². The Hall–Kier alpha value is -1.73. The lowest BCUT2D eigenvalue weighted by atomic mass is 10.1. The van der Waals surface area contributed by atoms with Gasteiger partial charge in [0.1, 0.15) is 13.2 Å². The third-order valence-electron chi connectivity index (χ3n) is 3.00. The van der Waals surface area contributed by atoms with Gasteiger partial charge in [-0.15, -0.1) is 0 Å². The number of nitrogens with zero attached hydrogens (tertiary/aromatic N) is 2. The Balaban J connectivity index is 2.02. The number of fused-ring (bicyclic) bond motifs is 1. The first-order valence-corrected chi connectivity index (χ1v) is 6.31. The van der Waals surface area contributed by atoms with Crippen molar-refractivity contribution in [2.45, 2.75) is 19.9 Å². The van der Waals surface area contributed by atoms with Gasteiger partial charge in [-0.2, -0.15) is 5.26 Å². The smallest absolute Gasteiger partial charge is 0.161 e. The average molecular weight is 246 g/mol. The summed E-state index contributed by atoms with van der Waals surface area (Å²) in [6.45, 7) is 5.93. The number of hydrogen-bond acceptors (Lipinski definition) is 4. The summed E-state index contributed by atoms with van der Waals surface area (Å²) in [4.78, 5) is 2.24. The van der Waals surface area contributed by atoms with Crippen molar-refractivity contribution in [3.05, 3.63) is 23.8 Å². The Bertz CT molecular complexity index is 440. The largest absolute Gasteiger partial charge is 0.486 e. The lowest BCUT2D eigenvalue weighted by molar-refractivity contribution is 0.171. The predicted octanol–water partition coefficient (Wildman–Crippen LogP) is 2.19. The monoisotopic (exact) mass is 246 g/mol. The highest BCUT2D eigenvalue weighted by atomic mass is 16.6. The van der Waals surface area contributed by atoms with Gasteiger partial charge in [0.05, 0.1) is 6.07 Å². The van der Waals surface area contributed by atoms with Crippen LogP contribution in [0.25, 0.3) is 0 Å². The van der Waals surface area contributed by atoms with E-state index >= 15 is 0 Å². The summed E-state index contributed by atoms with van der Waals surface area (Å²) in [6, 6.07) is 8.23. The molecule has 0 bridgehead atoms. The lowest BCUT2D eigenvalue weighted by Gasteiger charge is -2.22. The SMILES string of the molecule is CCN(CCC#N)Cc1ccc2c(c1)OCCO2. The molecule has 0 aliphatic carbocycles. The fraction of sp³-hybridized carbons (Fsp3) is 0.500. The molecule has 96 valence electrons. The van der Waals surface area contributed by atoms with E-state index in [0.29, 0.717) is 19.6 Å². The molecule has 0 N–H and O–H groups in total. The zero-order valence-electron chi connectivity index (χ0n) is 10.7. The number of nitriles is 1. The van der Waals surface area contributed by atoms with E-state index < -0.39 is 0 Å². The normalized spacial score (nSPS) is 13.4. The minimum Gasteiger partial charge on any atom is -0.486 e. The molecule has 0 fully saturated rings. The van der Waals surface area contributed by atoms with E-state index in [1.807, 2.05) is 12.1 Å². The standard InChI is InChI=1S/C14H18N2O2/c1-2-16(7-3-6-15)11-12-4-5-13-14(10-12)18-9-8-17-13/h4-5,10H,2-3,7-9,11H2,1H3. The van der Waals surface area contributed by atoms with E-state index in [9.17, 15) is 0 Å². The summed E-state index contributed by atoms with van der Waals surface area (Å²) < 4.78 is 11.1. The van der Waals surface area contributed by atoms with Gasteiger partial charge in [0, 0.05) is 19.5 Å². The first-order chi connectivity index (χ1) is 8.83. The number of rotatable bonds is 5. The van der Waals surface area contributed by atoms with Crippen molar-refractivity contribution in [1.29, 1.82) is 5.26 Å². The molecule has 0 radical (unpaired) electrons. The second kappa shape index (κ2) is 6.27. The highest BCUT2D eigenvalue weighted by Crippen LogP contribution is 2.31. The Kier molecular flexibility index (Phi) is 4.43. The van der Waals surface area contributed by atoms with Crippen LogP contribution in [0, 0.1) is 11.3 Å². The second-order valence-electron chi connectivity index (χ2n) is 4.25. The van der Waals surface area contributed by atoms with Gasteiger partial charge in [-0.05, 0) is 24.2 Å². The molecule has 0 unspecified atom stereocenters. The van der Waals surface area contributed by atoms with E-state index in [1.54, 1.807) is 0 Å². The topological polar surface area (TPSA) is 45.5 Å². The van der Waals surface area contributed by atoms with Crippen LogP contribution in [0.15, 0.2) is 18.2 Å². The third kappa shape index (κ3) is 3.14. The molecule has 1 aromatic carbocycles. The molecule has 1 aromatic rings. The molecule has 18 heavy (non-hydrogen) atoms. The van der Waals surface area contributed by atoms with Gasteiger partial charge in [0.2, 0.25) is 0 Å². The van der Waals surface area contributed by atoms with Crippen LogP contribution in [0.5, 0.6) is 11.5 Å². The highest BCUT2D eigenvalue weighted by molar-refractivity contribution is 5.43. The van der Waals surface area contributed by atoms with Gasteiger partial charge in [-0.25, -0.2) is 0 Å². The molecule has 0 aromatic heterocycles. The predicted molar refractivity (Wildman–Crippen MR) is 68.6 cm³/mol. The molecule has 0 atom stereocenters. The molecule has 0 saturated carbocycles. The summed E-state index contributed by atoms with van der Waals surface area (Å²) >= 11 is 0. The lowest BCUT2D eigenvalue weighted by Crippen LogP contribution is -2.24. The van der Waals surface area contributed by atoms with E-state index in [-0.39, 0.29) is 0 Å². The molecule has 1 aliphatic rings. The third-order valence-corrected chi connectivity index (χ3v) is 3.00. The van der Waals surface area contributed by atoms with Crippen LogP contribution in [-0.4, -0.2) is 31.2 Å². The average Bonchev–Trinajstić information content (AvgIpc) is 2.43. The maximum Gasteiger partial charge on any atom is 0.161 e. The molecule has 1 heterocycles. The Morgan fingerprint density at radius 3 is 2.78 bits per heavy atom. The van der Waals surface area contributed by atoms with Crippen LogP contribution >= 0.6 is 0 Å². The zero-order chi connectivity index (χ0) is 12.8. The number of hydrogen-bond donors (Lipinski definition) is 0. The van der Waals surface area contributed by atoms with Gasteiger partial charge < -0.3 is 9.47 Å². The fourth-order valence-electron chi connectivity index (χ4n) is 2.00. The summed E-state index contributed by atoms with van der Waals surface area (Å²) in [6.07, 6.45) is 0.568. The van der Waals surface area contributed by atoms with Crippen molar-refractivity contribution in [1.82, 2.24) is 4.90 Å². The van der Waals surface area contributed by atoms with Crippen molar-refractivity contribution in [2.75, 3.05) is 26.3 Å². The minimum absolute atomic E-state index is 0.568. The van der Waals surface area contributed by atoms with Crippen LogP contribution in [0.2, 0.25) is 0 Å². The van der Waals surface area contributed by atoms with Gasteiger partial charge in [-0.3, -0.25) is 4.90 Å². The number of benzene rings is 1. The fourth-order valence-corrected chi connectivity index (χ4v) is 2.00. The Labute approximate surface area is 108 Å². The second-order valence-corrected chi connectivity index (χ2v) is 4.25. The molecule has 2 rings (SSSR count). The van der Waals surface area contributed by atoms with Crippen LogP contribution in [-0.2, 0) is 6.54 Å². The zero-order valence-corrected chi connectivity index (χ0v) is 10.7. The first-order valence-electron chi connectivity index (χ1n) is 6.31. The van der Waals surface area contributed by atoms with E-state index in [2.05, 4.69) is 24.0 Å². The summed E-state index contributed by atoms with van der Waals surface area (Å²) in [5.74, 6) is 1.65. The summed E-state index contributed by atoms with van der Waals surface area (Å²) in [5, 5.41) is 8.62. The molecular weight excluding hydrogens is 228 g/mol. The summed E-state index contributed by atoms with van der Waals surface area (Å²) in [7, 11) is 0. The quantitative estimate of drug-likeness (QED) is 0.799. The van der Waals surface area contributed by atoms with E-state index in [1.165, 1.54) is 5.56 Å². The molecule has 0 spiro atoms. The molecule has 4 nitrogen and oxygen atoms in total. The molecule has 0 amide bonds. The highest BCUT2D eigenvalue weighted by Gasteiger charge is 2.12. The van der Waals surface area contributed by atoms with Crippen LogP contribution in [0.4, 0.5) is 0 Å². The van der Waals surface area contributed by atoms with Crippen molar-refractivity contribution in [2.24, 2.45) is 0 Å².